The fraction of sp³-hybridized carbons (Fsp3) is 0.529. The molecule has 1 rings (SSSR count). The Hall–Kier alpha value is -1.44. The molecule has 1 atom stereocenters. The molecule has 1 aromatic carbocycles. The molecule has 0 saturated carbocycles. The molecule has 0 bridgehead atoms. The van der Waals surface area contributed by atoms with E-state index in [1.165, 1.54) is 25.7 Å². The maximum atomic E-state index is 11.2. The number of rotatable bonds is 8. The number of benzene rings is 1. The Balaban J connectivity index is 2.54. The minimum atomic E-state index is 0.0747. The van der Waals surface area contributed by atoms with Crippen LogP contribution in [0, 0.1) is 11.3 Å². The molecule has 0 fully saturated rings. The predicted molar refractivity (Wildman–Crippen MR) is 81.2 cm³/mol. The molecule has 1 N–H and O–H groups in total. The first kappa shape index (κ1) is 15.6. The van der Waals surface area contributed by atoms with Crippen molar-refractivity contribution >= 4 is 11.5 Å². The lowest BCUT2D eigenvalue weighted by Gasteiger charge is -2.13. The zero-order valence-corrected chi connectivity index (χ0v) is 12.3. The number of carbonyl (C=O) groups excluding carboxylic acids is 1. The van der Waals surface area contributed by atoms with E-state index in [0.29, 0.717) is 17.2 Å². The second kappa shape index (κ2) is 7.88. The van der Waals surface area contributed by atoms with Gasteiger partial charge >= 0.3 is 0 Å². The van der Waals surface area contributed by atoms with E-state index in [2.05, 4.69) is 13.8 Å². The smallest absolute Gasteiger partial charge is 0.159 e. The van der Waals surface area contributed by atoms with Crippen molar-refractivity contribution in [3.63, 3.8) is 0 Å². The summed E-state index contributed by atoms with van der Waals surface area (Å²) in [6, 6.07) is 7.41. The Morgan fingerprint density at radius 3 is 2.21 bits per heavy atom. The van der Waals surface area contributed by atoms with Gasteiger partial charge in [-0.1, -0.05) is 63.8 Å². The number of unbranched alkanes of at least 4 members (excludes halogenated alkanes) is 3. The van der Waals surface area contributed by atoms with E-state index < -0.39 is 0 Å². The standard InChI is InChI=1S/C17H25NO/c1-4-5-6-7-8-13(2)17(18)16-11-9-15(10-12-16)14(3)19/h9-13,18H,4-8H2,1-3H3. The minimum absolute atomic E-state index is 0.0747. The van der Waals surface area contributed by atoms with Crippen LogP contribution in [0.15, 0.2) is 24.3 Å². The van der Waals surface area contributed by atoms with Crippen molar-refractivity contribution in [3.8, 4) is 0 Å². The van der Waals surface area contributed by atoms with Crippen LogP contribution in [0.5, 0.6) is 0 Å². The summed E-state index contributed by atoms with van der Waals surface area (Å²) in [6.45, 7) is 5.89. The molecule has 1 aromatic rings. The Bertz CT molecular complexity index is 419. The molecule has 0 spiro atoms. The highest BCUT2D eigenvalue weighted by molar-refractivity contribution is 6.01. The van der Waals surface area contributed by atoms with Crippen molar-refractivity contribution in [2.24, 2.45) is 5.92 Å². The normalized spacial score (nSPS) is 12.2. The molecular formula is C17H25NO. The summed E-state index contributed by atoms with van der Waals surface area (Å²) in [5.41, 5.74) is 2.34. The van der Waals surface area contributed by atoms with Gasteiger partial charge in [0.2, 0.25) is 0 Å². The van der Waals surface area contributed by atoms with Gasteiger partial charge in [-0.3, -0.25) is 4.79 Å². The Labute approximate surface area is 116 Å². The highest BCUT2D eigenvalue weighted by Gasteiger charge is 2.11. The zero-order valence-electron chi connectivity index (χ0n) is 12.3. The van der Waals surface area contributed by atoms with E-state index in [9.17, 15) is 4.79 Å². The summed E-state index contributed by atoms with van der Waals surface area (Å²) in [5, 5.41) is 8.21. The number of Topliss-reactive ketones (excluding diaryl/α,β-unsaturated/α-hetero) is 1. The van der Waals surface area contributed by atoms with Crippen LogP contribution in [-0.4, -0.2) is 11.5 Å². The second-order valence-corrected chi connectivity index (χ2v) is 5.30. The second-order valence-electron chi connectivity index (χ2n) is 5.30. The molecule has 1 unspecified atom stereocenters. The number of nitrogens with one attached hydrogen (secondary N) is 1. The molecular weight excluding hydrogens is 234 g/mol. The first-order valence-electron chi connectivity index (χ1n) is 7.26. The first-order valence-corrected chi connectivity index (χ1v) is 7.26. The zero-order chi connectivity index (χ0) is 14.3. The fourth-order valence-electron chi connectivity index (χ4n) is 2.19. The van der Waals surface area contributed by atoms with E-state index in [4.69, 9.17) is 5.41 Å². The molecule has 0 saturated heterocycles. The van der Waals surface area contributed by atoms with Gasteiger partial charge in [0, 0.05) is 11.3 Å². The van der Waals surface area contributed by atoms with Crippen molar-refractivity contribution in [2.75, 3.05) is 0 Å². The predicted octanol–water partition coefficient (Wildman–Crippen LogP) is 4.86. The lowest BCUT2D eigenvalue weighted by molar-refractivity contribution is 0.101. The van der Waals surface area contributed by atoms with Crippen LogP contribution in [-0.2, 0) is 0 Å². The third-order valence-corrected chi connectivity index (χ3v) is 3.59. The average molecular weight is 259 g/mol. The average Bonchev–Trinajstić information content (AvgIpc) is 2.42. The number of hydrogen-bond acceptors (Lipinski definition) is 2. The van der Waals surface area contributed by atoms with Crippen molar-refractivity contribution in [2.45, 2.75) is 52.9 Å². The highest BCUT2D eigenvalue weighted by Crippen LogP contribution is 2.16. The van der Waals surface area contributed by atoms with Crippen LogP contribution in [0.1, 0.15) is 68.8 Å². The molecule has 2 heteroatoms. The van der Waals surface area contributed by atoms with E-state index in [0.717, 1.165) is 12.0 Å². The van der Waals surface area contributed by atoms with Crippen LogP contribution in [0.3, 0.4) is 0 Å². The van der Waals surface area contributed by atoms with Crippen LogP contribution in [0.2, 0.25) is 0 Å². The van der Waals surface area contributed by atoms with Crippen LogP contribution in [0.4, 0.5) is 0 Å². The topological polar surface area (TPSA) is 40.9 Å². The SMILES string of the molecule is CCCCCCC(C)C(=N)c1ccc(C(C)=O)cc1. The Morgan fingerprint density at radius 1 is 1.11 bits per heavy atom. The van der Waals surface area contributed by atoms with Gasteiger partial charge in [-0.15, -0.1) is 0 Å². The van der Waals surface area contributed by atoms with Gasteiger partial charge in [0.15, 0.2) is 5.78 Å². The quantitative estimate of drug-likeness (QED) is 0.404. The summed E-state index contributed by atoms with van der Waals surface area (Å²) in [7, 11) is 0. The molecule has 0 heterocycles. The molecule has 0 aliphatic rings. The van der Waals surface area contributed by atoms with Gasteiger partial charge in [0.25, 0.3) is 0 Å². The van der Waals surface area contributed by atoms with Gasteiger partial charge in [-0.2, -0.15) is 0 Å². The van der Waals surface area contributed by atoms with Gasteiger partial charge < -0.3 is 5.41 Å². The molecule has 19 heavy (non-hydrogen) atoms. The molecule has 0 aliphatic carbocycles. The van der Waals surface area contributed by atoms with Crippen molar-refractivity contribution in [3.05, 3.63) is 35.4 Å². The van der Waals surface area contributed by atoms with Gasteiger partial charge in [-0.05, 0) is 24.8 Å². The lowest BCUT2D eigenvalue weighted by Crippen LogP contribution is -2.11. The highest BCUT2D eigenvalue weighted by atomic mass is 16.1. The molecule has 104 valence electrons. The fourth-order valence-corrected chi connectivity index (χ4v) is 2.19. The van der Waals surface area contributed by atoms with Gasteiger partial charge in [0.05, 0.1) is 0 Å². The number of ketones is 1. The van der Waals surface area contributed by atoms with Gasteiger partial charge in [0.1, 0.15) is 0 Å². The van der Waals surface area contributed by atoms with Crippen molar-refractivity contribution in [1.29, 1.82) is 5.41 Å². The largest absolute Gasteiger partial charge is 0.304 e. The van der Waals surface area contributed by atoms with Crippen molar-refractivity contribution < 1.29 is 4.79 Å². The maximum absolute atomic E-state index is 11.2. The number of hydrogen-bond donors (Lipinski definition) is 1. The van der Waals surface area contributed by atoms with E-state index >= 15 is 0 Å². The van der Waals surface area contributed by atoms with Crippen LogP contribution in [0.25, 0.3) is 0 Å². The first-order chi connectivity index (χ1) is 9.06. The summed E-state index contributed by atoms with van der Waals surface area (Å²) in [5.74, 6) is 0.366. The summed E-state index contributed by atoms with van der Waals surface area (Å²) >= 11 is 0. The van der Waals surface area contributed by atoms with E-state index in [-0.39, 0.29) is 5.78 Å². The lowest BCUT2D eigenvalue weighted by atomic mass is 9.92. The summed E-state index contributed by atoms with van der Waals surface area (Å²) in [6.07, 6.45) is 6.07. The molecule has 2 nitrogen and oxygen atoms in total. The van der Waals surface area contributed by atoms with Crippen LogP contribution >= 0.6 is 0 Å². The molecule has 0 aliphatic heterocycles. The van der Waals surface area contributed by atoms with Crippen molar-refractivity contribution in [1.82, 2.24) is 0 Å². The monoisotopic (exact) mass is 259 g/mol. The molecule has 0 aromatic heterocycles. The molecule has 0 radical (unpaired) electrons. The molecule has 0 amide bonds. The third kappa shape index (κ3) is 4.98. The Morgan fingerprint density at radius 2 is 1.68 bits per heavy atom. The third-order valence-electron chi connectivity index (χ3n) is 3.59. The van der Waals surface area contributed by atoms with Crippen LogP contribution < -0.4 is 0 Å². The van der Waals surface area contributed by atoms with E-state index in [1.54, 1.807) is 6.92 Å². The maximum Gasteiger partial charge on any atom is 0.159 e. The summed E-state index contributed by atoms with van der Waals surface area (Å²) in [4.78, 5) is 11.2. The minimum Gasteiger partial charge on any atom is -0.304 e. The number of carbonyl (C=O) groups is 1. The Kier molecular flexibility index (Phi) is 6.48. The summed E-state index contributed by atoms with van der Waals surface area (Å²) < 4.78 is 0. The van der Waals surface area contributed by atoms with E-state index in [1.807, 2.05) is 24.3 Å². The van der Waals surface area contributed by atoms with Gasteiger partial charge in [-0.25, -0.2) is 0 Å².